The molecule has 1 aliphatic rings. The minimum atomic E-state index is -1.10. The summed E-state index contributed by atoms with van der Waals surface area (Å²) in [5.41, 5.74) is 2.22. The second-order valence-corrected chi connectivity index (χ2v) is 7.47. The van der Waals surface area contributed by atoms with Gasteiger partial charge >= 0.3 is 11.7 Å². The van der Waals surface area contributed by atoms with Crippen LogP contribution in [0.4, 0.5) is 4.79 Å². The molecule has 1 aromatic heterocycles. The molecule has 3 amide bonds. The van der Waals surface area contributed by atoms with Gasteiger partial charge in [0.25, 0.3) is 5.91 Å². The first-order valence-corrected chi connectivity index (χ1v) is 9.59. The fourth-order valence-electron chi connectivity index (χ4n) is 3.92. The number of carbonyl (C=O) groups is 2. The number of aryl methyl sites for hydroxylation is 2. The number of imide groups is 1. The van der Waals surface area contributed by atoms with Crippen molar-refractivity contribution in [2.45, 2.75) is 39.3 Å². The normalized spacial score (nSPS) is 19.1. The van der Waals surface area contributed by atoms with Gasteiger partial charge < -0.3 is 9.73 Å². The number of hydrogen-bond donors (Lipinski definition) is 1. The molecule has 1 N–H and O–H groups in total. The van der Waals surface area contributed by atoms with E-state index in [1.807, 2.05) is 63.2 Å². The summed E-state index contributed by atoms with van der Waals surface area (Å²) < 4.78 is 5.33. The van der Waals surface area contributed by atoms with E-state index in [2.05, 4.69) is 5.32 Å². The molecule has 29 heavy (non-hydrogen) atoms. The molecule has 1 atom stereocenters. The first-order chi connectivity index (χ1) is 13.9. The van der Waals surface area contributed by atoms with Gasteiger partial charge in [-0.3, -0.25) is 9.69 Å². The van der Waals surface area contributed by atoms with Crippen molar-refractivity contribution in [2.75, 3.05) is 0 Å². The molecule has 4 rings (SSSR count). The third-order valence-corrected chi connectivity index (χ3v) is 5.75. The number of nitrogens with one attached hydrogen (secondary N) is 1. The van der Waals surface area contributed by atoms with Crippen molar-refractivity contribution in [2.24, 2.45) is 0 Å². The number of nitrogens with zero attached hydrogens (tertiary/aromatic N) is 1. The topological polar surface area (TPSA) is 79.6 Å². The van der Waals surface area contributed by atoms with Crippen LogP contribution < -0.4 is 10.9 Å². The zero-order chi connectivity index (χ0) is 20.8. The molecule has 1 unspecified atom stereocenters. The maximum Gasteiger partial charge on any atom is 0.336 e. The summed E-state index contributed by atoms with van der Waals surface area (Å²) in [6, 6.07) is 13.8. The smallest absolute Gasteiger partial charge is 0.336 e. The van der Waals surface area contributed by atoms with Gasteiger partial charge in [0.2, 0.25) is 0 Å². The Bertz CT molecular complexity index is 1180. The number of benzene rings is 2. The lowest BCUT2D eigenvalue weighted by molar-refractivity contribution is -0.132. The lowest BCUT2D eigenvalue weighted by Crippen LogP contribution is -2.43. The number of fused-ring (bicyclic) bond motifs is 1. The summed E-state index contributed by atoms with van der Waals surface area (Å²) in [6.45, 7) is 5.78. The average molecular weight is 390 g/mol. The standard InChI is InChI=1S/C23H22N2O4/c1-4-23(17-8-6-5-7-9-17)21(27)25(22(28)24-23)13-16-12-20(26)29-19-11-15(3)14(2)10-18(16)19/h5-12H,4,13H2,1-3H3,(H,24,28). The SMILES string of the molecule is CCC1(c2ccccc2)NC(=O)N(Cc2cc(=O)oc3cc(C)c(C)cc23)C1=O. The molecule has 148 valence electrons. The summed E-state index contributed by atoms with van der Waals surface area (Å²) in [4.78, 5) is 39.4. The van der Waals surface area contributed by atoms with Crippen LogP contribution in [0.3, 0.4) is 0 Å². The fraction of sp³-hybridized carbons (Fsp3) is 0.261. The minimum Gasteiger partial charge on any atom is -0.423 e. The summed E-state index contributed by atoms with van der Waals surface area (Å²) >= 11 is 0. The van der Waals surface area contributed by atoms with Gasteiger partial charge in [0.15, 0.2) is 0 Å². The highest BCUT2D eigenvalue weighted by atomic mass is 16.4. The van der Waals surface area contributed by atoms with E-state index < -0.39 is 17.2 Å². The van der Waals surface area contributed by atoms with Crippen LogP contribution in [0.15, 0.2) is 57.7 Å². The van der Waals surface area contributed by atoms with Gasteiger partial charge in [-0.1, -0.05) is 37.3 Å². The molecule has 6 heteroatoms. The van der Waals surface area contributed by atoms with Crippen molar-refractivity contribution in [1.82, 2.24) is 10.2 Å². The molecule has 1 saturated heterocycles. The first kappa shape index (κ1) is 18.9. The number of urea groups is 1. The van der Waals surface area contributed by atoms with E-state index in [0.717, 1.165) is 22.1 Å². The molecular weight excluding hydrogens is 368 g/mol. The Labute approximate surface area is 168 Å². The lowest BCUT2D eigenvalue weighted by atomic mass is 9.87. The largest absolute Gasteiger partial charge is 0.423 e. The summed E-state index contributed by atoms with van der Waals surface area (Å²) in [5, 5.41) is 3.60. The lowest BCUT2D eigenvalue weighted by Gasteiger charge is -2.25. The predicted octanol–water partition coefficient (Wildman–Crippen LogP) is 3.77. The number of rotatable bonds is 4. The third-order valence-electron chi connectivity index (χ3n) is 5.75. The van der Waals surface area contributed by atoms with E-state index in [-0.39, 0.29) is 12.5 Å². The molecule has 0 bridgehead atoms. The van der Waals surface area contributed by atoms with Crippen LogP contribution in [0.25, 0.3) is 11.0 Å². The van der Waals surface area contributed by atoms with Crippen molar-refractivity contribution in [3.8, 4) is 0 Å². The number of hydrogen-bond acceptors (Lipinski definition) is 4. The van der Waals surface area contributed by atoms with Gasteiger partial charge in [-0.15, -0.1) is 0 Å². The molecular formula is C23H22N2O4. The zero-order valence-electron chi connectivity index (χ0n) is 16.6. The molecule has 2 heterocycles. The van der Waals surface area contributed by atoms with E-state index >= 15 is 0 Å². The molecule has 0 aliphatic carbocycles. The molecule has 0 saturated carbocycles. The van der Waals surface area contributed by atoms with E-state index in [1.165, 1.54) is 11.0 Å². The molecule has 2 aromatic carbocycles. The van der Waals surface area contributed by atoms with Gasteiger partial charge in [-0.2, -0.15) is 0 Å². The highest BCUT2D eigenvalue weighted by molar-refractivity contribution is 6.07. The Morgan fingerprint density at radius 2 is 1.69 bits per heavy atom. The second kappa shape index (κ2) is 6.88. The fourth-order valence-corrected chi connectivity index (χ4v) is 3.92. The molecule has 3 aromatic rings. The predicted molar refractivity (Wildman–Crippen MR) is 109 cm³/mol. The van der Waals surface area contributed by atoms with Crippen molar-refractivity contribution >= 4 is 22.9 Å². The molecule has 0 spiro atoms. The summed E-state index contributed by atoms with van der Waals surface area (Å²) in [6.07, 6.45) is 0.425. The number of amides is 3. The second-order valence-electron chi connectivity index (χ2n) is 7.47. The zero-order valence-corrected chi connectivity index (χ0v) is 16.6. The highest BCUT2D eigenvalue weighted by Gasteiger charge is 2.51. The van der Waals surface area contributed by atoms with Crippen molar-refractivity contribution in [1.29, 1.82) is 0 Å². The monoisotopic (exact) mass is 390 g/mol. The number of carbonyl (C=O) groups excluding carboxylic acids is 2. The highest BCUT2D eigenvalue weighted by Crippen LogP contribution is 2.33. The van der Waals surface area contributed by atoms with Gasteiger partial charge in [0, 0.05) is 11.5 Å². The van der Waals surface area contributed by atoms with E-state index in [1.54, 1.807) is 0 Å². The van der Waals surface area contributed by atoms with Gasteiger partial charge in [0.1, 0.15) is 11.1 Å². The summed E-state index contributed by atoms with van der Waals surface area (Å²) in [7, 11) is 0. The van der Waals surface area contributed by atoms with Crippen LogP contribution in [0.5, 0.6) is 0 Å². The Balaban J connectivity index is 1.77. The van der Waals surface area contributed by atoms with Crippen molar-refractivity contribution in [3.63, 3.8) is 0 Å². The molecule has 1 fully saturated rings. The van der Waals surface area contributed by atoms with Crippen molar-refractivity contribution < 1.29 is 14.0 Å². The van der Waals surface area contributed by atoms with E-state index in [9.17, 15) is 14.4 Å². The van der Waals surface area contributed by atoms with Gasteiger partial charge in [-0.25, -0.2) is 9.59 Å². The van der Waals surface area contributed by atoms with Crippen LogP contribution in [0.1, 0.15) is 35.6 Å². The van der Waals surface area contributed by atoms with Gasteiger partial charge in [0.05, 0.1) is 6.54 Å². The Hall–Kier alpha value is -3.41. The van der Waals surface area contributed by atoms with Gasteiger partial charge in [-0.05, 0) is 54.7 Å². The molecule has 6 nitrogen and oxygen atoms in total. The van der Waals surface area contributed by atoms with Crippen LogP contribution in [0, 0.1) is 13.8 Å². The maximum absolute atomic E-state index is 13.4. The first-order valence-electron chi connectivity index (χ1n) is 9.59. The quantitative estimate of drug-likeness (QED) is 0.543. The minimum absolute atomic E-state index is 0.00382. The Morgan fingerprint density at radius 3 is 2.38 bits per heavy atom. The van der Waals surface area contributed by atoms with E-state index in [0.29, 0.717) is 17.6 Å². The van der Waals surface area contributed by atoms with E-state index in [4.69, 9.17) is 4.42 Å². The molecule has 1 aliphatic heterocycles. The van der Waals surface area contributed by atoms with Crippen LogP contribution in [0.2, 0.25) is 0 Å². The summed E-state index contributed by atoms with van der Waals surface area (Å²) in [5.74, 6) is -0.318. The maximum atomic E-state index is 13.4. The Morgan fingerprint density at radius 1 is 1.00 bits per heavy atom. The third kappa shape index (κ3) is 3.01. The van der Waals surface area contributed by atoms with Crippen LogP contribution >= 0.6 is 0 Å². The Kier molecular flexibility index (Phi) is 4.49. The van der Waals surface area contributed by atoms with Crippen LogP contribution in [-0.4, -0.2) is 16.8 Å². The average Bonchev–Trinajstić information content (AvgIpc) is 2.95. The molecule has 0 radical (unpaired) electrons. The van der Waals surface area contributed by atoms with Crippen LogP contribution in [-0.2, 0) is 16.9 Å². The van der Waals surface area contributed by atoms with Crippen molar-refractivity contribution in [3.05, 3.63) is 81.2 Å².